The van der Waals surface area contributed by atoms with E-state index in [0.717, 1.165) is 28.3 Å². The quantitative estimate of drug-likeness (QED) is 0.694. The number of aromatic nitrogens is 2. The summed E-state index contributed by atoms with van der Waals surface area (Å²) < 4.78 is 10.9. The number of nitrogens with one attached hydrogen (secondary N) is 1. The van der Waals surface area contributed by atoms with Gasteiger partial charge < -0.3 is 20.5 Å². The van der Waals surface area contributed by atoms with E-state index in [1.165, 1.54) is 0 Å². The average Bonchev–Trinajstić information content (AvgIpc) is 2.62. The van der Waals surface area contributed by atoms with E-state index >= 15 is 0 Å². The zero-order valence-electron chi connectivity index (χ0n) is 15.1. The number of nitrogen functional groups attached to an aromatic ring is 1. The predicted molar refractivity (Wildman–Crippen MR) is 104 cm³/mol. The Morgan fingerprint density at radius 2 is 1.81 bits per heavy atom. The number of rotatable bonds is 6. The fraction of sp³-hybridized carbons (Fsp3) is 0.200. The van der Waals surface area contributed by atoms with Crippen molar-refractivity contribution in [2.24, 2.45) is 0 Å². The summed E-state index contributed by atoms with van der Waals surface area (Å²) in [5.74, 6) is 3.07. The van der Waals surface area contributed by atoms with Crippen LogP contribution in [0.3, 0.4) is 0 Å². The molecule has 0 atom stereocenters. The first-order valence-electron chi connectivity index (χ1n) is 8.38. The van der Waals surface area contributed by atoms with Crippen LogP contribution in [0.5, 0.6) is 11.5 Å². The number of methoxy groups -OCH3 is 1. The van der Waals surface area contributed by atoms with Crippen molar-refractivity contribution in [1.29, 1.82) is 0 Å². The molecule has 0 spiro atoms. The highest BCUT2D eigenvalue weighted by molar-refractivity contribution is 5.68. The second kappa shape index (κ2) is 7.74. The van der Waals surface area contributed by atoms with E-state index in [4.69, 9.17) is 15.2 Å². The Morgan fingerprint density at radius 1 is 1.04 bits per heavy atom. The second-order valence-electron chi connectivity index (χ2n) is 5.79. The zero-order chi connectivity index (χ0) is 18.5. The van der Waals surface area contributed by atoms with E-state index in [1.54, 1.807) is 13.2 Å². The van der Waals surface area contributed by atoms with E-state index in [2.05, 4.69) is 15.3 Å². The molecule has 0 aliphatic carbocycles. The Labute approximate surface area is 153 Å². The molecular weight excluding hydrogens is 328 g/mol. The number of benzene rings is 2. The van der Waals surface area contributed by atoms with Crippen LogP contribution in [-0.4, -0.2) is 23.7 Å². The van der Waals surface area contributed by atoms with E-state index in [1.807, 2.05) is 56.3 Å². The topological polar surface area (TPSA) is 82.3 Å². The van der Waals surface area contributed by atoms with Crippen molar-refractivity contribution >= 4 is 17.3 Å². The molecule has 1 heterocycles. The van der Waals surface area contributed by atoms with Crippen LogP contribution < -0.4 is 20.5 Å². The Morgan fingerprint density at radius 3 is 2.50 bits per heavy atom. The number of hydrogen-bond acceptors (Lipinski definition) is 6. The lowest BCUT2D eigenvalue weighted by Gasteiger charge is -2.13. The van der Waals surface area contributed by atoms with Gasteiger partial charge in [0.25, 0.3) is 0 Å². The highest BCUT2D eigenvalue weighted by Crippen LogP contribution is 2.29. The molecule has 0 amide bonds. The van der Waals surface area contributed by atoms with E-state index in [-0.39, 0.29) is 0 Å². The van der Waals surface area contributed by atoms with Crippen molar-refractivity contribution in [2.45, 2.75) is 13.8 Å². The summed E-state index contributed by atoms with van der Waals surface area (Å²) in [7, 11) is 1.63. The summed E-state index contributed by atoms with van der Waals surface area (Å²) in [4.78, 5) is 8.92. The fourth-order valence-electron chi connectivity index (χ4n) is 2.58. The first kappa shape index (κ1) is 17.5. The van der Waals surface area contributed by atoms with Gasteiger partial charge in [-0.25, -0.2) is 9.97 Å². The summed E-state index contributed by atoms with van der Waals surface area (Å²) >= 11 is 0. The maximum absolute atomic E-state index is 5.98. The van der Waals surface area contributed by atoms with Gasteiger partial charge in [0, 0.05) is 11.6 Å². The molecule has 0 unspecified atom stereocenters. The van der Waals surface area contributed by atoms with Crippen molar-refractivity contribution in [2.75, 3.05) is 24.8 Å². The monoisotopic (exact) mass is 350 g/mol. The van der Waals surface area contributed by atoms with E-state index < -0.39 is 0 Å². The molecule has 3 rings (SSSR count). The van der Waals surface area contributed by atoms with Gasteiger partial charge in [-0.2, -0.15) is 0 Å². The van der Waals surface area contributed by atoms with Crippen LogP contribution in [0.25, 0.3) is 11.4 Å². The van der Waals surface area contributed by atoms with Crippen molar-refractivity contribution in [3.05, 3.63) is 54.1 Å². The van der Waals surface area contributed by atoms with Crippen LogP contribution in [-0.2, 0) is 0 Å². The molecule has 0 saturated carbocycles. The summed E-state index contributed by atoms with van der Waals surface area (Å²) in [5.41, 5.74) is 8.78. The highest BCUT2D eigenvalue weighted by Gasteiger charge is 2.09. The predicted octanol–water partition coefficient (Wildman–Crippen LogP) is 4.19. The van der Waals surface area contributed by atoms with Crippen molar-refractivity contribution in [3.8, 4) is 22.9 Å². The molecule has 0 bridgehead atoms. The second-order valence-corrected chi connectivity index (χ2v) is 5.79. The maximum Gasteiger partial charge on any atom is 0.163 e. The highest BCUT2D eigenvalue weighted by atomic mass is 16.5. The van der Waals surface area contributed by atoms with Crippen molar-refractivity contribution in [1.82, 2.24) is 9.97 Å². The molecule has 1 aromatic heterocycles. The zero-order valence-corrected chi connectivity index (χ0v) is 15.1. The Bertz CT molecular complexity index is 895. The van der Waals surface area contributed by atoms with Crippen molar-refractivity contribution in [3.63, 3.8) is 0 Å². The third-order valence-electron chi connectivity index (χ3n) is 3.79. The molecule has 6 nitrogen and oxygen atoms in total. The van der Waals surface area contributed by atoms with Gasteiger partial charge >= 0.3 is 0 Å². The van der Waals surface area contributed by atoms with Gasteiger partial charge in [0.05, 0.1) is 19.4 Å². The number of hydrogen-bond donors (Lipinski definition) is 2. The number of nitrogens with zero attached hydrogens (tertiary/aromatic N) is 2. The lowest BCUT2D eigenvalue weighted by atomic mass is 10.2. The van der Waals surface area contributed by atoms with Crippen LogP contribution in [0.2, 0.25) is 0 Å². The summed E-state index contributed by atoms with van der Waals surface area (Å²) in [6, 6.07) is 15.2. The van der Waals surface area contributed by atoms with Crippen LogP contribution in [0.15, 0.2) is 48.5 Å². The van der Waals surface area contributed by atoms with Gasteiger partial charge in [0.1, 0.15) is 23.1 Å². The molecular formula is C20H22N4O2. The lowest BCUT2D eigenvalue weighted by Crippen LogP contribution is -2.02. The normalized spacial score (nSPS) is 10.4. The standard InChI is InChI=1S/C20H22N4O2/c1-4-26-15-8-6-14(7-9-15)20-23-18(21)12-19(24-20)22-16-11-13(2)5-10-17(16)25-3/h5-12H,4H2,1-3H3,(H3,21,22,23,24). The number of ether oxygens (including phenoxy) is 2. The van der Waals surface area contributed by atoms with Gasteiger partial charge in [0.15, 0.2) is 5.82 Å². The Hall–Kier alpha value is -3.28. The molecule has 0 aliphatic rings. The van der Waals surface area contributed by atoms with Crippen LogP contribution in [0.1, 0.15) is 12.5 Å². The minimum Gasteiger partial charge on any atom is -0.495 e. The Balaban J connectivity index is 1.92. The minimum absolute atomic E-state index is 0.387. The molecule has 0 radical (unpaired) electrons. The molecule has 3 N–H and O–H groups in total. The molecule has 0 fully saturated rings. The SMILES string of the molecule is CCOc1ccc(-c2nc(N)cc(Nc3cc(C)ccc3OC)n2)cc1. The number of aryl methyl sites for hydroxylation is 1. The first-order valence-corrected chi connectivity index (χ1v) is 8.38. The number of anilines is 3. The maximum atomic E-state index is 5.98. The van der Waals surface area contributed by atoms with Crippen molar-refractivity contribution < 1.29 is 9.47 Å². The lowest BCUT2D eigenvalue weighted by molar-refractivity contribution is 0.340. The molecule has 6 heteroatoms. The fourth-order valence-corrected chi connectivity index (χ4v) is 2.58. The summed E-state index contributed by atoms with van der Waals surface area (Å²) in [6.45, 7) is 4.59. The van der Waals surface area contributed by atoms with Crippen LogP contribution >= 0.6 is 0 Å². The average molecular weight is 350 g/mol. The van der Waals surface area contributed by atoms with E-state index in [9.17, 15) is 0 Å². The first-order chi connectivity index (χ1) is 12.6. The van der Waals surface area contributed by atoms with Gasteiger partial charge in [-0.05, 0) is 55.8 Å². The molecule has 3 aromatic rings. The minimum atomic E-state index is 0.387. The van der Waals surface area contributed by atoms with E-state index in [0.29, 0.717) is 24.1 Å². The molecule has 2 aromatic carbocycles. The molecule has 134 valence electrons. The van der Waals surface area contributed by atoms with Gasteiger partial charge in [0.2, 0.25) is 0 Å². The Kier molecular flexibility index (Phi) is 5.22. The van der Waals surface area contributed by atoms with Gasteiger partial charge in [-0.1, -0.05) is 6.07 Å². The van der Waals surface area contributed by atoms with Crippen LogP contribution in [0, 0.1) is 6.92 Å². The summed E-state index contributed by atoms with van der Waals surface area (Å²) in [6.07, 6.45) is 0. The smallest absolute Gasteiger partial charge is 0.163 e. The molecule has 26 heavy (non-hydrogen) atoms. The number of nitrogens with two attached hydrogens (primary N) is 1. The third kappa shape index (κ3) is 4.03. The molecule has 0 saturated heterocycles. The third-order valence-corrected chi connectivity index (χ3v) is 3.79. The molecule has 0 aliphatic heterocycles. The van der Waals surface area contributed by atoms with Crippen LogP contribution in [0.4, 0.5) is 17.3 Å². The van der Waals surface area contributed by atoms with Gasteiger partial charge in [-0.15, -0.1) is 0 Å². The largest absolute Gasteiger partial charge is 0.495 e. The van der Waals surface area contributed by atoms with Gasteiger partial charge in [-0.3, -0.25) is 0 Å². The summed E-state index contributed by atoms with van der Waals surface area (Å²) in [5, 5.41) is 3.27.